The molecule has 1 rings (SSSR count). The van der Waals surface area contributed by atoms with Crippen molar-refractivity contribution in [3.63, 3.8) is 0 Å². The largest absolute Gasteiger partial charge is 0.356 e. The van der Waals surface area contributed by atoms with E-state index in [1.807, 2.05) is 0 Å². The van der Waals surface area contributed by atoms with Crippen LogP contribution >= 0.6 is 0 Å². The zero-order valence-corrected chi connectivity index (χ0v) is 28.3. The molecule has 0 saturated carbocycles. The highest BCUT2D eigenvalue weighted by atomic mass is 15.4. The molecule has 1 unspecified atom stereocenters. The van der Waals surface area contributed by atoms with E-state index in [1.165, 1.54) is 206 Å². The average molecular weight is 561 g/mol. The van der Waals surface area contributed by atoms with Gasteiger partial charge in [-0.05, 0) is 25.7 Å². The van der Waals surface area contributed by atoms with E-state index in [4.69, 9.17) is 0 Å². The van der Waals surface area contributed by atoms with Crippen molar-refractivity contribution in [2.45, 2.75) is 220 Å². The number of hydrogen-bond acceptors (Lipinski definition) is 2. The zero-order valence-electron chi connectivity index (χ0n) is 28.3. The predicted molar refractivity (Wildman–Crippen MR) is 182 cm³/mol. The van der Waals surface area contributed by atoms with E-state index >= 15 is 0 Å². The highest BCUT2D eigenvalue weighted by molar-refractivity contribution is 4.97. The molecule has 0 radical (unpaired) electrons. The first kappa shape index (κ1) is 37.4. The topological polar surface area (TPSA) is 6.48 Å². The van der Waals surface area contributed by atoms with E-state index in [9.17, 15) is 0 Å². The van der Waals surface area contributed by atoms with Gasteiger partial charge in [-0.2, -0.15) is 0 Å². The minimum Gasteiger partial charge on any atom is -0.356 e. The van der Waals surface area contributed by atoms with Crippen LogP contribution < -0.4 is 0 Å². The van der Waals surface area contributed by atoms with Crippen LogP contribution in [-0.4, -0.2) is 29.1 Å². The summed E-state index contributed by atoms with van der Waals surface area (Å²) in [7, 11) is 0. The first-order valence-corrected chi connectivity index (χ1v) is 19.0. The highest BCUT2D eigenvalue weighted by Gasteiger charge is 2.24. The summed E-state index contributed by atoms with van der Waals surface area (Å²) in [5.74, 6) is 0. The van der Waals surface area contributed by atoms with Crippen molar-refractivity contribution < 1.29 is 0 Å². The third-order valence-electron chi connectivity index (χ3n) is 9.32. The van der Waals surface area contributed by atoms with Crippen molar-refractivity contribution in [2.75, 3.05) is 13.1 Å². The second-order valence-corrected chi connectivity index (χ2v) is 13.2. The summed E-state index contributed by atoms with van der Waals surface area (Å²) in [4.78, 5) is 5.42. The molecule has 0 N–H and O–H groups in total. The zero-order chi connectivity index (χ0) is 28.8. The Kier molecular flexibility index (Phi) is 27.9. The van der Waals surface area contributed by atoms with Gasteiger partial charge in [0.05, 0.1) is 0 Å². The van der Waals surface area contributed by atoms with Gasteiger partial charge in [0, 0.05) is 25.5 Å². The van der Waals surface area contributed by atoms with E-state index in [1.54, 1.807) is 0 Å². The maximum Gasteiger partial charge on any atom is 0.101 e. The fraction of sp³-hybridized carbons (Fsp3) is 0.947. The van der Waals surface area contributed by atoms with Gasteiger partial charge in [0.2, 0.25) is 0 Å². The van der Waals surface area contributed by atoms with Gasteiger partial charge >= 0.3 is 0 Å². The summed E-state index contributed by atoms with van der Waals surface area (Å²) >= 11 is 0. The fourth-order valence-electron chi connectivity index (χ4n) is 6.54. The number of rotatable bonds is 32. The smallest absolute Gasteiger partial charge is 0.101 e. The molecule has 1 aliphatic heterocycles. The van der Waals surface area contributed by atoms with Crippen molar-refractivity contribution in [1.29, 1.82) is 0 Å². The lowest BCUT2D eigenvalue weighted by Gasteiger charge is -2.33. The Balaban J connectivity index is 2.19. The monoisotopic (exact) mass is 561 g/mol. The molecule has 2 heteroatoms. The second-order valence-electron chi connectivity index (χ2n) is 13.2. The Morgan fingerprint density at radius 1 is 0.325 bits per heavy atom. The van der Waals surface area contributed by atoms with Gasteiger partial charge < -0.3 is 9.80 Å². The predicted octanol–water partition coefficient (Wildman–Crippen LogP) is 13.2. The normalized spacial score (nSPS) is 15.1. The minimum atomic E-state index is 0.641. The van der Waals surface area contributed by atoms with Crippen LogP contribution in [0.2, 0.25) is 0 Å². The molecule has 0 spiro atoms. The SMILES string of the molecule is CCCCCCCCCCCCCCCN1C=CN(CCCCCCCCCCC)C1CCCCCCCCC. The van der Waals surface area contributed by atoms with Gasteiger partial charge in [-0.25, -0.2) is 0 Å². The summed E-state index contributed by atoms with van der Waals surface area (Å²) in [5, 5.41) is 0. The third-order valence-corrected chi connectivity index (χ3v) is 9.32. The Morgan fingerprint density at radius 2 is 0.575 bits per heavy atom. The minimum absolute atomic E-state index is 0.641. The standard InChI is InChI=1S/C38H76N2/c1-4-7-10-13-16-18-19-20-21-23-26-29-32-35-40-37-36-39(34-31-28-25-22-17-14-11-8-5-2)38(40)33-30-27-24-15-12-9-6-3/h36-38H,4-35H2,1-3H3. The van der Waals surface area contributed by atoms with Crippen LogP contribution in [0.15, 0.2) is 12.4 Å². The molecule has 1 atom stereocenters. The van der Waals surface area contributed by atoms with Gasteiger partial charge in [0.1, 0.15) is 6.17 Å². The number of unbranched alkanes of at least 4 members (excludes halogenated alkanes) is 26. The van der Waals surface area contributed by atoms with E-state index in [-0.39, 0.29) is 0 Å². The van der Waals surface area contributed by atoms with Crippen LogP contribution in [-0.2, 0) is 0 Å². The highest BCUT2D eigenvalue weighted by Crippen LogP contribution is 2.24. The van der Waals surface area contributed by atoms with Crippen molar-refractivity contribution in [3.8, 4) is 0 Å². The molecular weight excluding hydrogens is 484 g/mol. The molecule has 1 heterocycles. The Morgan fingerprint density at radius 3 is 0.875 bits per heavy atom. The molecule has 0 amide bonds. The molecule has 0 fully saturated rings. The third kappa shape index (κ3) is 22.0. The molecule has 0 saturated heterocycles. The molecule has 0 aromatic rings. The van der Waals surface area contributed by atoms with Crippen LogP contribution in [0.5, 0.6) is 0 Å². The molecule has 0 aromatic carbocycles. The molecule has 2 nitrogen and oxygen atoms in total. The molecule has 0 aromatic heterocycles. The van der Waals surface area contributed by atoms with Crippen LogP contribution in [0, 0.1) is 0 Å². The lowest BCUT2D eigenvalue weighted by molar-refractivity contribution is 0.135. The molecule has 1 aliphatic rings. The van der Waals surface area contributed by atoms with E-state index in [0.29, 0.717) is 6.17 Å². The van der Waals surface area contributed by atoms with Crippen molar-refractivity contribution in [3.05, 3.63) is 12.4 Å². The number of nitrogens with zero attached hydrogens (tertiary/aromatic N) is 2. The maximum atomic E-state index is 2.71. The molecule has 40 heavy (non-hydrogen) atoms. The molecular formula is C38H76N2. The van der Waals surface area contributed by atoms with Gasteiger partial charge in [-0.3, -0.25) is 0 Å². The lowest BCUT2D eigenvalue weighted by Crippen LogP contribution is -2.39. The first-order valence-electron chi connectivity index (χ1n) is 19.0. The van der Waals surface area contributed by atoms with Crippen molar-refractivity contribution in [1.82, 2.24) is 9.80 Å². The van der Waals surface area contributed by atoms with Crippen LogP contribution in [0.4, 0.5) is 0 Å². The summed E-state index contributed by atoms with van der Waals surface area (Å²) in [6.07, 6.45) is 48.4. The summed E-state index contributed by atoms with van der Waals surface area (Å²) in [5.41, 5.74) is 0. The molecule has 0 aliphatic carbocycles. The van der Waals surface area contributed by atoms with Crippen LogP contribution in [0.25, 0.3) is 0 Å². The van der Waals surface area contributed by atoms with Gasteiger partial charge in [0.25, 0.3) is 0 Å². The average Bonchev–Trinajstić information content (AvgIpc) is 3.35. The quantitative estimate of drug-likeness (QED) is 0.0755. The molecule has 238 valence electrons. The summed E-state index contributed by atoms with van der Waals surface area (Å²) in [6, 6.07) is 0. The summed E-state index contributed by atoms with van der Waals surface area (Å²) < 4.78 is 0. The Hall–Kier alpha value is -0.660. The van der Waals surface area contributed by atoms with E-state index < -0.39 is 0 Å². The summed E-state index contributed by atoms with van der Waals surface area (Å²) in [6.45, 7) is 9.48. The first-order chi connectivity index (χ1) is 19.8. The Bertz CT molecular complexity index is 516. The maximum absolute atomic E-state index is 2.71. The van der Waals surface area contributed by atoms with E-state index in [0.717, 1.165) is 0 Å². The lowest BCUT2D eigenvalue weighted by atomic mass is 10.0. The van der Waals surface area contributed by atoms with Crippen LogP contribution in [0.3, 0.4) is 0 Å². The second kappa shape index (κ2) is 29.8. The Labute approximate surface area is 254 Å². The van der Waals surface area contributed by atoms with Crippen LogP contribution in [0.1, 0.15) is 213 Å². The fourth-order valence-corrected chi connectivity index (χ4v) is 6.54. The van der Waals surface area contributed by atoms with Gasteiger partial charge in [-0.1, -0.05) is 188 Å². The van der Waals surface area contributed by atoms with Crippen molar-refractivity contribution in [2.24, 2.45) is 0 Å². The van der Waals surface area contributed by atoms with Gasteiger partial charge in [-0.15, -0.1) is 0 Å². The van der Waals surface area contributed by atoms with Gasteiger partial charge in [0.15, 0.2) is 0 Å². The molecule has 0 bridgehead atoms. The van der Waals surface area contributed by atoms with Crippen molar-refractivity contribution >= 4 is 0 Å². The number of hydrogen-bond donors (Lipinski definition) is 0. The van der Waals surface area contributed by atoms with E-state index in [2.05, 4.69) is 43.0 Å².